The first-order valence-electron chi connectivity index (χ1n) is 6.15. The van der Waals surface area contributed by atoms with Gasteiger partial charge in [-0.3, -0.25) is 0 Å². The lowest BCUT2D eigenvalue weighted by atomic mass is 9.92. The molecule has 0 aromatic carbocycles. The Labute approximate surface area is 102 Å². The van der Waals surface area contributed by atoms with E-state index in [0.717, 1.165) is 19.6 Å². The maximum atomic E-state index is 5.67. The molecule has 0 amide bonds. The van der Waals surface area contributed by atoms with E-state index in [9.17, 15) is 0 Å². The van der Waals surface area contributed by atoms with Crippen molar-refractivity contribution in [2.45, 2.75) is 38.8 Å². The molecule has 3 unspecified atom stereocenters. The lowest BCUT2D eigenvalue weighted by Crippen LogP contribution is -2.38. The number of rotatable bonds is 5. The third-order valence-corrected chi connectivity index (χ3v) is 4.03. The van der Waals surface area contributed by atoms with E-state index in [1.165, 1.54) is 12.0 Å². The van der Waals surface area contributed by atoms with Crippen LogP contribution < -0.4 is 5.32 Å². The molecular formula is C13H21NOS. The van der Waals surface area contributed by atoms with Gasteiger partial charge in [-0.1, -0.05) is 6.92 Å². The van der Waals surface area contributed by atoms with Crippen LogP contribution in [0, 0.1) is 5.92 Å². The van der Waals surface area contributed by atoms with Crippen molar-refractivity contribution in [1.29, 1.82) is 0 Å². The lowest BCUT2D eigenvalue weighted by Gasteiger charge is -2.23. The van der Waals surface area contributed by atoms with Gasteiger partial charge in [0.1, 0.15) is 0 Å². The van der Waals surface area contributed by atoms with Crippen molar-refractivity contribution < 1.29 is 4.74 Å². The van der Waals surface area contributed by atoms with Crippen molar-refractivity contribution in [1.82, 2.24) is 5.32 Å². The highest BCUT2D eigenvalue weighted by Gasteiger charge is 2.29. The number of thiophene rings is 1. The Balaban J connectivity index is 1.94. The summed E-state index contributed by atoms with van der Waals surface area (Å²) in [5, 5.41) is 8.02. The highest BCUT2D eigenvalue weighted by Crippen LogP contribution is 2.24. The fourth-order valence-corrected chi connectivity index (χ4v) is 3.14. The standard InChI is InChI=1S/C13H21NOS/c1-3-14-13(7-11-4-5-16-9-11)12-6-10(2)15-8-12/h4-5,9-10,12-14H,3,6-8H2,1-2H3. The molecule has 1 aromatic heterocycles. The average molecular weight is 239 g/mol. The van der Waals surface area contributed by atoms with Crippen molar-refractivity contribution >= 4 is 11.3 Å². The molecule has 3 atom stereocenters. The van der Waals surface area contributed by atoms with E-state index in [1.54, 1.807) is 11.3 Å². The average Bonchev–Trinajstić information content (AvgIpc) is 2.88. The van der Waals surface area contributed by atoms with Gasteiger partial charge in [-0.25, -0.2) is 0 Å². The van der Waals surface area contributed by atoms with Crippen LogP contribution in [0.25, 0.3) is 0 Å². The summed E-state index contributed by atoms with van der Waals surface area (Å²) in [6.07, 6.45) is 2.77. The van der Waals surface area contributed by atoms with Crippen LogP contribution in [0.5, 0.6) is 0 Å². The fraction of sp³-hybridized carbons (Fsp3) is 0.692. The molecule has 1 fully saturated rings. The molecule has 2 rings (SSSR count). The zero-order chi connectivity index (χ0) is 11.4. The SMILES string of the molecule is CCNC(Cc1ccsc1)C1COC(C)C1. The van der Waals surface area contributed by atoms with Gasteiger partial charge in [0.25, 0.3) is 0 Å². The minimum atomic E-state index is 0.439. The second-order valence-corrected chi connectivity index (χ2v) is 5.42. The molecular weight excluding hydrogens is 218 g/mol. The number of nitrogens with one attached hydrogen (secondary N) is 1. The van der Waals surface area contributed by atoms with Gasteiger partial charge in [0.2, 0.25) is 0 Å². The molecule has 16 heavy (non-hydrogen) atoms. The second kappa shape index (κ2) is 5.80. The van der Waals surface area contributed by atoms with Gasteiger partial charge in [-0.15, -0.1) is 0 Å². The van der Waals surface area contributed by atoms with Gasteiger partial charge in [0.15, 0.2) is 0 Å². The van der Waals surface area contributed by atoms with E-state index in [4.69, 9.17) is 4.74 Å². The first-order valence-corrected chi connectivity index (χ1v) is 7.10. The van der Waals surface area contributed by atoms with Crippen molar-refractivity contribution in [2.75, 3.05) is 13.2 Å². The molecule has 2 heterocycles. The largest absolute Gasteiger partial charge is 0.378 e. The van der Waals surface area contributed by atoms with Gasteiger partial charge < -0.3 is 10.1 Å². The molecule has 1 N–H and O–H groups in total. The predicted octanol–water partition coefficient (Wildman–Crippen LogP) is 2.69. The van der Waals surface area contributed by atoms with Crippen LogP contribution in [0.3, 0.4) is 0 Å². The quantitative estimate of drug-likeness (QED) is 0.853. The minimum absolute atomic E-state index is 0.439. The van der Waals surface area contributed by atoms with Crippen molar-refractivity contribution in [3.8, 4) is 0 Å². The number of hydrogen-bond donors (Lipinski definition) is 1. The molecule has 90 valence electrons. The smallest absolute Gasteiger partial charge is 0.0551 e. The summed E-state index contributed by atoms with van der Waals surface area (Å²) in [6.45, 7) is 6.32. The number of hydrogen-bond acceptors (Lipinski definition) is 3. The normalized spacial score (nSPS) is 27.1. The van der Waals surface area contributed by atoms with E-state index in [2.05, 4.69) is 36.0 Å². The molecule has 2 nitrogen and oxygen atoms in total. The Bertz CT molecular complexity index is 299. The molecule has 0 aliphatic carbocycles. The Hall–Kier alpha value is -0.380. The maximum absolute atomic E-state index is 5.67. The molecule has 3 heteroatoms. The van der Waals surface area contributed by atoms with Gasteiger partial charge >= 0.3 is 0 Å². The molecule has 1 aliphatic rings. The van der Waals surface area contributed by atoms with E-state index >= 15 is 0 Å². The van der Waals surface area contributed by atoms with Crippen LogP contribution >= 0.6 is 11.3 Å². The van der Waals surface area contributed by atoms with Crippen LogP contribution in [0.2, 0.25) is 0 Å². The third-order valence-electron chi connectivity index (χ3n) is 3.30. The summed E-state index contributed by atoms with van der Waals surface area (Å²) >= 11 is 1.78. The zero-order valence-corrected chi connectivity index (χ0v) is 10.9. The van der Waals surface area contributed by atoms with Crippen LogP contribution in [0.15, 0.2) is 16.8 Å². The van der Waals surface area contributed by atoms with Crippen molar-refractivity contribution in [3.05, 3.63) is 22.4 Å². The predicted molar refractivity (Wildman–Crippen MR) is 69.0 cm³/mol. The summed E-state index contributed by atoms with van der Waals surface area (Å²) in [4.78, 5) is 0. The highest BCUT2D eigenvalue weighted by atomic mass is 32.1. The van der Waals surface area contributed by atoms with E-state index in [0.29, 0.717) is 18.1 Å². The Morgan fingerprint density at radius 1 is 1.62 bits per heavy atom. The van der Waals surface area contributed by atoms with Crippen molar-refractivity contribution in [2.24, 2.45) is 5.92 Å². The van der Waals surface area contributed by atoms with E-state index in [-0.39, 0.29) is 0 Å². The van der Waals surface area contributed by atoms with Gasteiger partial charge in [-0.05, 0) is 48.7 Å². The summed E-state index contributed by atoms with van der Waals surface area (Å²) in [7, 11) is 0. The molecule has 1 saturated heterocycles. The van der Waals surface area contributed by atoms with Crippen LogP contribution in [-0.4, -0.2) is 25.3 Å². The van der Waals surface area contributed by atoms with Gasteiger partial charge in [0.05, 0.1) is 12.7 Å². The number of ether oxygens (including phenoxy) is 1. The van der Waals surface area contributed by atoms with Crippen LogP contribution in [0.1, 0.15) is 25.8 Å². The molecule has 1 aromatic rings. The zero-order valence-electron chi connectivity index (χ0n) is 10.1. The molecule has 1 aliphatic heterocycles. The Kier molecular flexibility index (Phi) is 4.38. The van der Waals surface area contributed by atoms with E-state index in [1.807, 2.05) is 0 Å². The van der Waals surface area contributed by atoms with Gasteiger partial charge in [-0.2, -0.15) is 11.3 Å². The number of likely N-dealkylation sites (N-methyl/N-ethyl adjacent to an activating group) is 1. The summed E-state index contributed by atoms with van der Waals surface area (Å²) < 4.78 is 5.67. The molecule has 0 bridgehead atoms. The van der Waals surface area contributed by atoms with Crippen molar-refractivity contribution in [3.63, 3.8) is 0 Å². The van der Waals surface area contributed by atoms with Crippen LogP contribution in [0.4, 0.5) is 0 Å². The molecule has 0 saturated carbocycles. The first-order chi connectivity index (χ1) is 7.79. The Morgan fingerprint density at radius 3 is 3.06 bits per heavy atom. The third kappa shape index (κ3) is 3.06. The lowest BCUT2D eigenvalue weighted by molar-refractivity contribution is 0.117. The first kappa shape index (κ1) is 12.1. The fourth-order valence-electron chi connectivity index (χ4n) is 2.46. The summed E-state index contributed by atoms with van der Waals surface area (Å²) in [5.74, 6) is 0.676. The van der Waals surface area contributed by atoms with E-state index < -0.39 is 0 Å². The minimum Gasteiger partial charge on any atom is -0.378 e. The van der Waals surface area contributed by atoms with Gasteiger partial charge in [0, 0.05) is 12.0 Å². The summed E-state index contributed by atoms with van der Waals surface area (Å²) in [6, 6.07) is 2.80. The van der Waals surface area contributed by atoms with Crippen LogP contribution in [-0.2, 0) is 11.2 Å². The second-order valence-electron chi connectivity index (χ2n) is 4.64. The topological polar surface area (TPSA) is 21.3 Å². The molecule has 0 radical (unpaired) electrons. The molecule has 0 spiro atoms. The summed E-state index contributed by atoms with van der Waals surface area (Å²) in [5.41, 5.74) is 1.45. The Morgan fingerprint density at radius 2 is 2.50 bits per heavy atom. The maximum Gasteiger partial charge on any atom is 0.0551 e. The monoisotopic (exact) mass is 239 g/mol. The highest BCUT2D eigenvalue weighted by molar-refractivity contribution is 7.07.